The zero-order chi connectivity index (χ0) is 50.5. The summed E-state index contributed by atoms with van der Waals surface area (Å²) in [7, 11) is 0. The van der Waals surface area contributed by atoms with Gasteiger partial charge in [0.05, 0.1) is 31.5 Å². The Morgan fingerprint density at radius 2 is 1.00 bits per heavy atom. The van der Waals surface area contributed by atoms with E-state index in [0.717, 1.165) is 41.3 Å². The first-order chi connectivity index (χ1) is 32.7. The summed E-state index contributed by atoms with van der Waals surface area (Å²) in [4.78, 5) is 99.6. The number of carboxylic acids is 1. The number of carbonyl (C=O) groups is 5. The number of para-hydroxylation sites is 3. The number of phenolic OH excluding ortho intramolecular Hbond substituents is 1. The molecule has 28 nitrogen and oxygen atoms in total. The fraction of sp³-hybridized carbons (Fsp3) is 0.158. The first-order valence-corrected chi connectivity index (χ1v) is 21.2. The van der Waals surface area contributed by atoms with Gasteiger partial charge in [0.25, 0.3) is 17.7 Å². The van der Waals surface area contributed by atoms with Gasteiger partial charge in [-0.15, -0.1) is 0 Å². The third kappa shape index (κ3) is 13.8. The van der Waals surface area contributed by atoms with Gasteiger partial charge in [-0.1, -0.05) is 36.4 Å². The van der Waals surface area contributed by atoms with Gasteiger partial charge in [0.15, 0.2) is 21.5 Å². The highest BCUT2D eigenvalue weighted by atomic mass is 32.1. The van der Waals surface area contributed by atoms with E-state index in [0.29, 0.717) is 11.3 Å². The van der Waals surface area contributed by atoms with Gasteiger partial charge in [-0.25, -0.2) is 19.7 Å². The van der Waals surface area contributed by atoms with Crippen molar-refractivity contribution in [3.8, 4) is 17.2 Å². The molecule has 0 radical (unpaired) electrons. The number of thiazole rings is 3. The smallest absolute Gasteiger partial charge is 0.345 e. The summed E-state index contributed by atoms with van der Waals surface area (Å²) in [5, 5.41) is 86.6. The van der Waals surface area contributed by atoms with E-state index in [1.54, 1.807) is 24.3 Å². The van der Waals surface area contributed by atoms with Gasteiger partial charge in [0.1, 0.15) is 54.2 Å². The van der Waals surface area contributed by atoms with E-state index in [9.17, 15) is 74.7 Å². The van der Waals surface area contributed by atoms with Crippen LogP contribution in [-0.2, 0) is 14.3 Å². The number of nitro groups is 3. The van der Waals surface area contributed by atoms with Crippen LogP contribution in [0.5, 0.6) is 17.2 Å². The largest absolute Gasteiger partial charge is 0.507 e. The molecule has 5 unspecified atom stereocenters. The Bertz CT molecular complexity index is 2890. The molecule has 7 rings (SSSR count). The number of aromatic nitrogens is 3. The minimum absolute atomic E-state index is 0.0417. The van der Waals surface area contributed by atoms with Gasteiger partial charge in [-0.05, 0) is 70.4 Å². The molecule has 6 aromatic rings. The lowest BCUT2D eigenvalue weighted by molar-refractivity contribution is -0.380. The number of esters is 1. The Morgan fingerprint density at radius 3 is 1.41 bits per heavy atom. The van der Waals surface area contributed by atoms with Gasteiger partial charge in [0, 0.05) is 6.92 Å². The van der Waals surface area contributed by atoms with E-state index >= 15 is 0 Å². The van der Waals surface area contributed by atoms with Crippen molar-refractivity contribution in [2.24, 2.45) is 0 Å². The SMILES string of the molecule is CC(=O)Oc1ccccc1C(=O)Nc1ncc([N+](=O)[O-])s1.O=C(Nc1ncc([N+](=O)[O-])s1)c1ccccc1O.O=C(Nc1ncc([N+](=O)[O-])s1)c1ccccc1OC1OC(C(=O)O)C(O)C(O)C1O. The van der Waals surface area contributed by atoms with Crippen LogP contribution in [0.25, 0.3) is 0 Å². The zero-order valence-corrected chi connectivity index (χ0v) is 36.9. The fourth-order valence-corrected chi connectivity index (χ4v) is 7.19. The van der Waals surface area contributed by atoms with Gasteiger partial charge >= 0.3 is 26.9 Å². The predicted octanol–water partition coefficient (Wildman–Crippen LogP) is 3.81. The van der Waals surface area contributed by atoms with Crippen LogP contribution in [0.1, 0.15) is 38.0 Å². The molecule has 0 spiro atoms. The molecule has 1 aliphatic rings. The number of aliphatic hydroxyl groups is 3. The van der Waals surface area contributed by atoms with E-state index in [1.807, 2.05) is 0 Å². The number of benzene rings is 3. The number of aliphatic hydroxyl groups excluding tert-OH is 3. The number of nitrogens with zero attached hydrogens (tertiary/aromatic N) is 6. The third-order valence-corrected chi connectivity index (χ3v) is 11.0. The Morgan fingerprint density at radius 1 is 0.609 bits per heavy atom. The highest BCUT2D eigenvalue weighted by Gasteiger charge is 2.48. The number of carbonyl (C=O) groups excluding carboxylic acids is 4. The monoisotopic (exact) mass is 1010 g/mol. The molecule has 8 N–H and O–H groups in total. The first kappa shape index (κ1) is 51.5. The van der Waals surface area contributed by atoms with Crippen molar-refractivity contribution >= 4 is 94.1 Å². The zero-order valence-electron chi connectivity index (χ0n) is 34.4. The minimum atomic E-state index is -1.89. The van der Waals surface area contributed by atoms with Crippen molar-refractivity contribution < 1.29 is 78.5 Å². The topological polar surface area (TPSA) is 418 Å². The molecule has 31 heteroatoms. The second-order valence-electron chi connectivity index (χ2n) is 13.1. The second-order valence-corrected chi connectivity index (χ2v) is 16.1. The van der Waals surface area contributed by atoms with Crippen molar-refractivity contribution in [1.82, 2.24) is 15.0 Å². The number of hydrogen-bond acceptors (Lipinski definition) is 24. The van der Waals surface area contributed by atoms with E-state index in [1.165, 1.54) is 55.5 Å². The normalized spacial score (nSPS) is 17.0. The summed E-state index contributed by atoms with van der Waals surface area (Å²) in [5.41, 5.74) is 0.125. The number of nitrogens with one attached hydrogen (secondary N) is 3. The summed E-state index contributed by atoms with van der Waals surface area (Å²) in [5.74, 6) is -4.24. The van der Waals surface area contributed by atoms with Crippen molar-refractivity contribution in [3.63, 3.8) is 0 Å². The molecule has 1 fully saturated rings. The highest BCUT2D eigenvalue weighted by Crippen LogP contribution is 2.31. The minimum Gasteiger partial charge on any atom is -0.507 e. The summed E-state index contributed by atoms with van der Waals surface area (Å²) >= 11 is 2.12. The number of amides is 3. The standard InChI is InChI=1S/C16H15N3O10S.C12H9N3O5S.C10H7N3O4S/c20-9-10(21)12(14(24)25)29-15(11(9)22)28-7-4-2-1-3-6(7)13(23)18-16-17-5-8(30-16)19(26)27;1-7(16)20-9-5-3-2-4-8(9)11(17)14-12-13-6-10(21-12)15(18)19;14-7-4-2-1-3-6(7)9(15)12-10-11-5-8(18-10)13(16)17/h1-5,9-12,15,20-22H,(H,24,25)(H,17,18,23);2-6H,1H3,(H,13,14,17);1-5,14H,(H,11,12,15). The predicted molar refractivity (Wildman–Crippen MR) is 237 cm³/mol. The Balaban J connectivity index is 0.000000201. The lowest BCUT2D eigenvalue weighted by atomic mass is 9.99. The van der Waals surface area contributed by atoms with Gasteiger partial charge < -0.3 is 39.7 Å². The number of rotatable bonds is 13. The number of ether oxygens (including phenoxy) is 3. The number of aromatic hydroxyl groups is 1. The highest BCUT2D eigenvalue weighted by molar-refractivity contribution is 7.19. The number of aliphatic carboxylic acids is 1. The molecular weight excluding hydrogens is 983 g/mol. The average molecular weight is 1010 g/mol. The molecule has 360 valence electrons. The quantitative estimate of drug-likeness (QED) is 0.0353. The van der Waals surface area contributed by atoms with E-state index in [4.69, 9.17) is 19.3 Å². The van der Waals surface area contributed by atoms with Gasteiger partial charge in [0.2, 0.25) is 6.29 Å². The molecule has 3 amide bonds. The molecule has 1 aliphatic heterocycles. The third-order valence-electron chi connectivity index (χ3n) is 8.40. The second kappa shape index (κ2) is 23.3. The van der Waals surface area contributed by atoms with Crippen LogP contribution in [0.15, 0.2) is 91.4 Å². The number of anilines is 3. The van der Waals surface area contributed by atoms with E-state index < -0.39 is 75.1 Å². The van der Waals surface area contributed by atoms with E-state index in [2.05, 4.69) is 30.9 Å². The number of hydrogen-bond donors (Lipinski definition) is 8. The Hall–Kier alpha value is -8.46. The van der Waals surface area contributed by atoms with Crippen LogP contribution < -0.4 is 25.4 Å². The fourth-order valence-electron chi connectivity index (χ4n) is 5.31. The molecule has 1 saturated heterocycles. The van der Waals surface area contributed by atoms with Crippen LogP contribution in [0.2, 0.25) is 0 Å². The lowest BCUT2D eigenvalue weighted by Crippen LogP contribution is -2.61. The summed E-state index contributed by atoms with van der Waals surface area (Å²) in [6, 6.07) is 17.8. The van der Waals surface area contributed by atoms with Crippen LogP contribution in [0.4, 0.5) is 30.4 Å². The van der Waals surface area contributed by atoms with Crippen molar-refractivity contribution in [1.29, 1.82) is 0 Å². The van der Waals surface area contributed by atoms with Gasteiger partial charge in [-0.2, -0.15) is 0 Å². The first-order valence-electron chi connectivity index (χ1n) is 18.7. The molecule has 0 bridgehead atoms. The molecule has 69 heavy (non-hydrogen) atoms. The van der Waals surface area contributed by atoms with E-state index in [-0.39, 0.29) is 64.3 Å². The van der Waals surface area contributed by atoms with Crippen LogP contribution in [0, 0.1) is 30.3 Å². The molecular formula is C38H31N9O19S3. The van der Waals surface area contributed by atoms with Crippen molar-refractivity contribution in [2.75, 3.05) is 16.0 Å². The molecule has 4 heterocycles. The maximum Gasteiger partial charge on any atom is 0.345 e. The number of phenols is 1. The molecule has 0 saturated carbocycles. The Kier molecular flexibility index (Phi) is 17.4. The molecule has 5 atom stereocenters. The maximum absolute atomic E-state index is 12.5. The van der Waals surface area contributed by atoms with Crippen LogP contribution in [-0.4, -0.2) is 116 Å². The van der Waals surface area contributed by atoms with Crippen molar-refractivity contribution in [3.05, 3.63) is 138 Å². The summed E-state index contributed by atoms with van der Waals surface area (Å²) in [6.07, 6.45) is -6.06. The van der Waals surface area contributed by atoms with Crippen LogP contribution in [0.3, 0.4) is 0 Å². The maximum atomic E-state index is 12.5. The molecule has 3 aromatic carbocycles. The van der Waals surface area contributed by atoms with Crippen LogP contribution >= 0.6 is 34.0 Å². The average Bonchev–Trinajstić information content (AvgIpc) is 4.10. The Labute approximate surface area is 395 Å². The summed E-state index contributed by atoms with van der Waals surface area (Å²) in [6.45, 7) is 1.22. The lowest BCUT2D eigenvalue weighted by Gasteiger charge is -2.38. The van der Waals surface area contributed by atoms with Gasteiger partial charge in [-0.3, -0.25) is 65.5 Å². The molecule has 3 aromatic heterocycles. The van der Waals surface area contributed by atoms with Crippen molar-refractivity contribution in [2.45, 2.75) is 37.6 Å². The number of carboxylic acid groups (broad SMARTS) is 1. The summed E-state index contributed by atoms with van der Waals surface area (Å²) < 4.78 is 15.4. The molecule has 0 aliphatic carbocycles.